The summed E-state index contributed by atoms with van der Waals surface area (Å²) in [5.74, 6) is 0.477. The van der Waals surface area contributed by atoms with Crippen LogP contribution in [0, 0.1) is 11.3 Å². The maximum atomic E-state index is 12.0. The minimum atomic E-state index is -3.20. The minimum Gasteiger partial charge on any atom is -0.370 e. The third-order valence-corrected chi connectivity index (χ3v) is 7.81. The maximum Gasteiger partial charge on any atom is 0.185 e. The average molecular weight is 438 g/mol. The van der Waals surface area contributed by atoms with E-state index in [0.29, 0.717) is 12.3 Å². The van der Waals surface area contributed by atoms with Crippen molar-refractivity contribution < 1.29 is 13.2 Å². The molecule has 0 amide bonds. The highest BCUT2D eigenvalue weighted by atomic mass is 32.2. The number of aliphatic imine (C=N–C) groups is 1. The van der Waals surface area contributed by atoms with Crippen molar-refractivity contribution in [3.8, 4) is 0 Å². The first kappa shape index (κ1) is 26.1. The number of allylic oxidation sites excluding steroid dienone is 5. The summed E-state index contributed by atoms with van der Waals surface area (Å²) in [6.07, 6.45) is 10.2. The fourth-order valence-electron chi connectivity index (χ4n) is 3.70. The summed E-state index contributed by atoms with van der Waals surface area (Å²) in [5.41, 5.74) is 14.1. The number of nitrogens with two attached hydrogens (primary N) is 2. The Bertz CT molecular complexity index is 834. The first-order valence-corrected chi connectivity index (χ1v) is 12.5. The lowest BCUT2D eigenvalue weighted by Gasteiger charge is -2.39. The van der Waals surface area contributed by atoms with E-state index in [1.165, 1.54) is 11.1 Å². The first-order chi connectivity index (χ1) is 13.9. The molecular formula is C23H39N3O3S. The van der Waals surface area contributed by atoms with Gasteiger partial charge in [-0.15, -0.1) is 0 Å². The normalized spacial score (nSPS) is 23.3. The average Bonchev–Trinajstić information content (AvgIpc) is 2.62. The van der Waals surface area contributed by atoms with E-state index in [4.69, 9.17) is 11.5 Å². The Morgan fingerprint density at radius 1 is 1.23 bits per heavy atom. The van der Waals surface area contributed by atoms with E-state index < -0.39 is 9.84 Å². The molecule has 1 aliphatic carbocycles. The molecule has 0 unspecified atom stereocenters. The van der Waals surface area contributed by atoms with E-state index in [-0.39, 0.29) is 35.2 Å². The molecular weight excluding hydrogens is 398 g/mol. The standard InChI is InChI=1S/C23H39N3O3S/c1-17(9-11-23(5)19(3)15-21(27)16-20(23)4)7-6-8-18(2)10-13-30(28,29)14-12-26-22(24)25/h7,10,15,20H,6,8-9,11-14,16H2,1-5H3,(H4,24,25,26)/t20-,23-/m1/s1. The second-order valence-corrected chi connectivity index (χ2v) is 11.1. The molecule has 0 aromatic rings. The fraction of sp³-hybridized carbons (Fsp3) is 0.652. The molecule has 0 saturated heterocycles. The van der Waals surface area contributed by atoms with Crippen LogP contribution < -0.4 is 11.5 Å². The van der Waals surface area contributed by atoms with Gasteiger partial charge in [-0.3, -0.25) is 9.79 Å². The number of carbonyl (C=O) groups excluding carboxylic acids is 1. The van der Waals surface area contributed by atoms with Crippen LogP contribution in [0.2, 0.25) is 0 Å². The topological polar surface area (TPSA) is 116 Å². The Balaban J connectivity index is 2.49. The number of rotatable bonds is 11. The maximum absolute atomic E-state index is 12.0. The second kappa shape index (κ2) is 11.5. The van der Waals surface area contributed by atoms with Gasteiger partial charge in [0.2, 0.25) is 0 Å². The zero-order valence-corrected chi connectivity index (χ0v) is 20.0. The lowest BCUT2D eigenvalue weighted by molar-refractivity contribution is -0.117. The van der Waals surface area contributed by atoms with Gasteiger partial charge in [-0.05, 0) is 63.9 Å². The predicted molar refractivity (Wildman–Crippen MR) is 126 cm³/mol. The van der Waals surface area contributed by atoms with Crippen LogP contribution in [-0.4, -0.2) is 38.2 Å². The SMILES string of the molecule is CC(=CCS(=O)(=O)CCN=C(N)N)CCC=C(C)CC[C@]1(C)C(C)=CC(=O)C[C@H]1C. The van der Waals surface area contributed by atoms with Gasteiger partial charge in [0, 0.05) is 6.42 Å². The van der Waals surface area contributed by atoms with Gasteiger partial charge in [-0.1, -0.05) is 42.7 Å². The summed E-state index contributed by atoms with van der Waals surface area (Å²) in [4.78, 5) is 15.5. The van der Waals surface area contributed by atoms with E-state index >= 15 is 0 Å². The van der Waals surface area contributed by atoms with E-state index in [2.05, 4.69) is 38.8 Å². The molecule has 0 fully saturated rings. The van der Waals surface area contributed by atoms with Crippen molar-refractivity contribution in [2.45, 2.75) is 66.7 Å². The van der Waals surface area contributed by atoms with Crippen molar-refractivity contribution in [1.29, 1.82) is 0 Å². The molecule has 0 aromatic carbocycles. The highest BCUT2D eigenvalue weighted by Gasteiger charge is 2.36. The number of carbonyl (C=O) groups is 1. The van der Waals surface area contributed by atoms with E-state index in [1.54, 1.807) is 6.08 Å². The number of sulfone groups is 1. The summed E-state index contributed by atoms with van der Waals surface area (Å²) in [6, 6.07) is 0. The number of ketones is 1. The minimum absolute atomic E-state index is 0.0160. The van der Waals surface area contributed by atoms with Crippen molar-refractivity contribution in [3.05, 3.63) is 34.9 Å². The number of guanidine groups is 1. The Morgan fingerprint density at radius 3 is 2.47 bits per heavy atom. The Kier molecular flexibility index (Phi) is 10.0. The van der Waals surface area contributed by atoms with Crippen LogP contribution in [0.4, 0.5) is 0 Å². The molecule has 30 heavy (non-hydrogen) atoms. The van der Waals surface area contributed by atoms with Crippen molar-refractivity contribution in [3.63, 3.8) is 0 Å². The van der Waals surface area contributed by atoms with Crippen LogP contribution >= 0.6 is 0 Å². The molecule has 1 aliphatic rings. The molecule has 2 atom stereocenters. The van der Waals surface area contributed by atoms with Gasteiger partial charge in [-0.2, -0.15) is 0 Å². The summed E-state index contributed by atoms with van der Waals surface area (Å²) in [7, 11) is -3.20. The number of nitrogens with zero attached hydrogens (tertiary/aromatic N) is 1. The molecule has 1 rings (SSSR count). The molecule has 170 valence electrons. The molecule has 0 saturated carbocycles. The number of hydrogen-bond acceptors (Lipinski definition) is 4. The molecule has 0 spiro atoms. The van der Waals surface area contributed by atoms with Crippen LogP contribution in [0.1, 0.15) is 66.7 Å². The molecule has 4 N–H and O–H groups in total. The zero-order chi connectivity index (χ0) is 22.9. The van der Waals surface area contributed by atoms with Crippen LogP contribution in [0.25, 0.3) is 0 Å². The van der Waals surface area contributed by atoms with Gasteiger partial charge in [-0.25, -0.2) is 8.42 Å². The highest BCUT2D eigenvalue weighted by Crippen LogP contribution is 2.44. The van der Waals surface area contributed by atoms with Crippen LogP contribution in [0.15, 0.2) is 39.9 Å². The molecule has 6 nitrogen and oxygen atoms in total. The van der Waals surface area contributed by atoms with Crippen LogP contribution in [0.5, 0.6) is 0 Å². The van der Waals surface area contributed by atoms with Gasteiger partial charge in [0.15, 0.2) is 21.6 Å². The molecule has 0 heterocycles. The van der Waals surface area contributed by atoms with Crippen molar-refractivity contribution in [2.24, 2.45) is 27.8 Å². The summed E-state index contributed by atoms with van der Waals surface area (Å²) < 4.78 is 24.0. The number of hydrogen-bond donors (Lipinski definition) is 2. The molecule has 7 heteroatoms. The van der Waals surface area contributed by atoms with E-state index in [1.807, 2.05) is 13.0 Å². The van der Waals surface area contributed by atoms with Crippen LogP contribution in [0.3, 0.4) is 0 Å². The third-order valence-electron chi connectivity index (χ3n) is 6.33. The van der Waals surface area contributed by atoms with Gasteiger partial charge < -0.3 is 11.5 Å². The Hall–Kier alpha value is -1.89. The molecule has 0 radical (unpaired) electrons. The van der Waals surface area contributed by atoms with Crippen molar-refractivity contribution >= 4 is 21.6 Å². The smallest absolute Gasteiger partial charge is 0.185 e. The highest BCUT2D eigenvalue weighted by molar-refractivity contribution is 7.91. The van der Waals surface area contributed by atoms with Crippen LogP contribution in [-0.2, 0) is 14.6 Å². The monoisotopic (exact) mass is 437 g/mol. The van der Waals surface area contributed by atoms with Gasteiger partial charge >= 0.3 is 0 Å². The molecule has 0 bridgehead atoms. The first-order valence-electron chi connectivity index (χ1n) is 10.6. The van der Waals surface area contributed by atoms with Crippen molar-refractivity contribution in [1.82, 2.24) is 0 Å². The summed E-state index contributed by atoms with van der Waals surface area (Å²) in [5, 5.41) is 0. The quantitative estimate of drug-likeness (QED) is 0.290. The van der Waals surface area contributed by atoms with Gasteiger partial charge in [0.25, 0.3) is 0 Å². The fourth-order valence-corrected chi connectivity index (χ4v) is 4.77. The molecule has 0 aromatic heterocycles. The lowest BCUT2D eigenvalue weighted by Crippen LogP contribution is -2.32. The predicted octanol–water partition coefficient (Wildman–Crippen LogP) is 3.69. The summed E-state index contributed by atoms with van der Waals surface area (Å²) in [6.45, 7) is 10.7. The third kappa shape index (κ3) is 8.86. The summed E-state index contributed by atoms with van der Waals surface area (Å²) >= 11 is 0. The van der Waals surface area contributed by atoms with Crippen molar-refractivity contribution in [2.75, 3.05) is 18.1 Å². The largest absolute Gasteiger partial charge is 0.370 e. The van der Waals surface area contributed by atoms with E-state index in [9.17, 15) is 13.2 Å². The van der Waals surface area contributed by atoms with Gasteiger partial charge in [0.05, 0.1) is 18.1 Å². The van der Waals surface area contributed by atoms with Gasteiger partial charge in [0.1, 0.15) is 0 Å². The Labute approximate surface area is 182 Å². The zero-order valence-electron chi connectivity index (χ0n) is 19.2. The second-order valence-electron chi connectivity index (χ2n) is 8.88. The Morgan fingerprint density at radius 2 is 1.87 bits per heavy atom. The van der Waals surface area contributed by atoms with E-state index in [0.717, 1.165) is 31.3 Å². The molecule has 0 aliphatic heterocycles. The lowest BCUT2D eigenvalue weighted by atomic mass is 9.64.